The minimum absolute atomic E-state index is 0.182. The van der Waals surface area contributed by atoms with Crippen molar-refractivity contribution in [3.63, 3.8) is 0 Å². The molecule has 0 unspecified atom stereocenters. The van der Waals surface area contributed by atoms with Crippen LogP contribution in [0.4, 0.5) is 9.52 Å². The number of hydrogen-bond acceptors (Lipinski definition) is 5. The third-order valence-electron chi connectivity index (χ3n) is 4.38. The molecule has 1 aliphatic carbocycles. The van der Waals surface area contributed by atoms with Gasteiger partial charge >= 0.3 is 0 Å². The van der Waals surface area contributed by atoms with Crippen LogP contribution in [0.1, 0.15) is 17.9 Å². The summed E-state index contributed by atoms with van der Waals surface area (Å²) >= 11 is 1.52. The molecule has 2 atom stereocenters. The lowest BCUT2D eigenvalue weighted by Gasteiger charge is -2.02. The zero-order chi connectivity index (χ0) is 16.8. The average Bonchev–Trinajstić information content (AvgIpc) is 3.11. The van der Waals surface area contributed by atoms with E-state index >= 15 is 0 Å². The molecule has 124 valence electrons. The molecule has 5 nitrogen and oxygen atoms in total. The first-order valence-electron chi connectivity index (χ1n) is 8.05. The van der Waals surface area contributed by atoms with Gasteiger partial charge in [0.05, 0.1) is 11.9 Å². The molecule has 0 radical (unpaired) electrons. The first-order chi connectivity index (χ1) is 12.3. The molecule has 3 aromatic heterocycles. The fraction of sp³-hybridized carbons (Fsp3) is 0.167. The highest BCUT2D eigenvalue weighted by molar-refractivity contribution is 7.20. The molecule has 0 saturated heterocycles. The Labute approximate surface area is 147 Å². The van der Waals surface area contributed by atoms with Crippen molar-refractivity contribution in [2.24, 2.45) is 0 Å². The Balaban J connectivity index is 1.33. The monoisotopic (exact) mass is 351 g/mol. The number of aromatic nitrogens is 4. The Bertz CT molecular complexity index is 1010. The Morgan fingerprint density at radius 2 is 2.20 bits per heavy atom. The molecule has 7 heteroatoms. The maximum absolute atomic E-state index is 13.3. The van der Waals surface area contributed by atoms with Crippen molar-refractivity contribution in [3.05, 3.63) is 66.4 Å². The Hall–Kier alpha value is -2.80. The van der Waals surface area contributed by atoms with Crippen molar-refractivity contribution in [1.29, 1.82) is 0 Å². The number of nitrogens with zero attached hydrogens (tertiary/aromatic N) is 4. The van der Waals surface area contributed by atoms with Crippen molar-refractivity contribution < 1.29 is 4.39 Å². The number of benzene rings is 1. The van der Waals surface area contributed by atoms with Crippen LogP contribution >= 0.6 is 11.3 Å². The van der Waals surface area contributed by atoms with Crippen molar-refractivity contribution in [3.8, 4) is 11.3 Å². The second-order valence-electron chi connectivity index (χ2n) is 6.15. The van der Waals surface area contributed by atoms with Crippen LogP contribution in [0.25, 0.3) is 16.2 Å². The van der Waals surface area contributed by atoms with Crippen molar-refractivity contribution in [2.75, 3.05) is 5.32 Å². The van der Waals surface area contributed by atoms with E-state index in [1.165, 1.54) is 17.4 Å². The summed E-state index contributed by atoms with van der Waals surface area (Å²) < 4.78 is 15.1. The van der Waals surface area contributed by atoms with E-state index < -0.39 is 0 Å². The number of hydrogen-bond donors (Lipinski definition) is 1. The van der Waals surface area contributed by atoms with Gasteiger partial charge in [-0.15, -0.1) is 5.10 Å². The molecule has 1 fully saturated rings. The van der Waals surface area contributed by atoms with Crippen LogP contribution in [-0.4, -0.2) is 25.6 Å². The molecule has 1 saturated carbocycles. The number of halogens is 1. The largest absolute Gasteiger partial charge is 0.357 e. The molecule has 0 aliphatic heterocycles. The number of anilines is 1. The molecular formula is C18H14FN5S. The number of pyridine rings is 1. The summed E-state index contributed by atoms with van der Waals surface area (Å²) in [5, 5.41) is 8.82. The highest BCUT2D eigenvalue weighted by Crippen LogP contribution is 2.43. The van der Waals surface area contributed by atoms with Gasteiger partial charge in [0.1, 0.15) is 5.82 Å². The van der Waals surface area contributed by atoms with Crippen molar-refractivity contribution in [2.45, 2.75) is 18.4 Å². The van der Waals surface area contributed by atoms with E-state index in [9.17, 15) is 4.39 Å². The van der Waals surface area contributed by atoms with Crippen LogP contribution in [-0.2, 0) is 0 Å². The van der Waals surface area contributed by atoms with Gasteiger partial charge in [0, 0.05) is 29.9 Å². The summed E-state index contributed by atoms with van der Waals surface area (Å²) in [6.45, 7) is 0. The molecule has 1 N–H and O–H groups in total. The lowest BCUT2D eigenvalue weighted by Crippen LogP contribution is -2.04. The van der Waals surface area contributed by atoms with Crippen LogP contribution in [0.3, 0.4) is 0 Å². The minimum atomic E-state index is -0.182. The predicted molar refractivity (Wildman–Crippen MR) is 95.3 cm³/mol. The third-order valence-corrected chi connectivity index (χ3v) is 5.23. The molecule has 1 aliphatic rings. The van der Waals surface area contributed by atoms with Crippen LogP contribution < -0.4 is 5.32 Å². The summed E-state index contributed by atoms with van der Waals surface area (Å²) in [7, 11) is 0. The second kappa shape index (κ2) is 5.63. The highest BCUT2D eigenvalue weighted by atomic mass is 32.1. The molecule has 1 aromatic carbocycles. The molecule has 5 rings (SSSR count). The quantitative estimate of drug-likeness (QED) is 0.605. The number of fused-ring (bicyclic) bond motifs is 1. The van der Waals surface area contributed by atoms with Gasteiger partial charge in [0.15, 0.2) is 0 Å². The summed E-state index contributed by atoms with van der Waals surface area (Å²) in [5.74, 6) is 0.164. The van der Waals surface area contributed by atoms with Gasteiger partial charge in [-0.2, -0.15) is 0 Å². The van der Waals surface area contributed by atoms with E-state index in [1.54, 1.807) is 29.0 Å². The standard InChI is InChI=1S/C18H14FN5S/c19-13-5-1-3-11(7-13)14-8-15(14)21-17-23-24-10-16(22-18(24)25-17)12-4-2-6-20-9-12/h1-7,9-10,14-15H,8H2,(H,21,23)/t14-,15+/m0/s1. The van der Waals surface area contributed by atoms with Crippen LogP contribution in [0, 0.1) is 5.82 Å². The lowest BCUT2D eigenvalue weighted by atomic mass is 10.1. The van der Waals surface area contributed by atoms with E-state index in [1.807, 2.05) is 24.4 Å². The van der Waals surface area contributed by atoms with Gasteiger partial charge < -0.3 is 5.32 Å². The summed E-state index contributed by atoms with van der Waals surface area (Å²) in [6, 6.07) is 11.0. The maximum Gasteiger partial charge on any atom is 0.214 e. The van der Waals surface area contributed by atoms with Crippen LogP contribution in [0.15, 0.2) is 55.0 Å². The molecule has 0 amide bonds. The normalized spacial score (nSPS) is 19.2. The lowest BCUT2D eigenvalue weighted by molar-refractivity contribution is 0.625. The topological polar surface area (TPSA) is 55.1 Å². The molecule has 3 heterocycles. The minimum Gasteiger partial charge on any atom is -0.357 e. The van der Waals surface area contributed by atoms with E-state index in [2.05, 4.69) is 20.4 Å². The molecule has 0 spiro atoms. The van der Waals surface area contributed by atoms with Crippen molar-refractivity contribution >= 4 is 21.4 Å². The maximum atomic E-state index is 13.3. The number of nitrogens with one attached hydrogen (secondary N) is 1. The molecule has 25 heavy (non-hydrogen) atoms. The van der Waals surface area contributed by atoms with Gasteiger partial charge in [-0.1, -0.05) is 23.5 Å². The SMILES string of the molecule is Fc1cccc([C@@H]2C[C@H]2Nc2nn3cc(-c4cccnc4)nc3s2)c1. The van der Waals surface area contributed by atoms with E-state index in [4.69, 9.17) is 0 Å². The smallest absolute Gasteiger partial charge is 0.214 e. The number of imidazole rings is 1. The van der Waals surface area contributed by atoms with Crippen LogP contribution in [0.2, 0.25) is 0 Å². The van der Waals surface area contributed by atoms with Gasteiger partial charge in [-0.05, 0) is 36.2 Å². The Morgan fingerprint density at radius 3 is 3.00 bits per heavy atom. The Morgan fingerprint density at radius 1 is 1.24 bits per heavy atom. The summed E-state index contributed by atoms with van der Waals surface area (Å²) in [5.41, 5.74) is 2.88. The number of rotatable bonds is 4. The summed E-state index contributed by atoms with van der Waals surface area (Å²) in [4.78, 5) is 9.57. The first kappa shape index (κ1) is 14.5. The zero-order valence-corrected chi connectivity index (χ0v) is 13.9. The van der Waals surface area contributed by atoms with Gasteiger partial charge in [-0.3, -0.25) is 4.98 Å². The van der Waals surface area contributed by atoms with E-state index in [0.29, 0.717) is 12.0 Å². The second-order valence-corrected chi connectivity index (χ2v) is 7.11. The average molecular weight is 351 g/mol. The molecule has 0 bridgehead atoms. The zero-order valence-electron chi connectivity index (χ0n) is 13.1. The van der Waals surface area contributed by atoms with Gasteiger partial charge in [-0.25, -0.2) is 13.9 Å². The van der Waals surface area contributed by atoms with Gasteiger partial charge in [0.2, 0.25) is 10.1 Å². The van der Waals surface area contributed by atoms with Crippen molar-refractivity contribution in [1.82, 2.24) is 19.6 Å². The fourth-order valence-electron chi connectivity index (χ4n) is 3.03. The molecular weight excluding hydrogens is 337 g/mol. The predicted octanol–water partition coefficient (Wildman–Crippen LogP) is 3.96. The fourth-order valence-corrected chi connectivity index (χ4v) is 3.87. The molecule has 4 aromatic rings. The van der Waals surface area contributed by atoms with Gasteiger partial charge in [0.25, 0.3) is 0 Å². The van der Waals surface area contributed by atoms with Crippen LogP contribution in [0.5, 0.6) is 0 Å². The van der Waals surface area contributed by atoms with E-state index in [-0.39, 0.29) is 5.82 Å². The Kier molecular flexibility index (Phi) is 3.27. The van der Waals surface area contributed by atoms with E-state index in [0.717, 1.165) is 33.3 Å². The third kappa shape index (κ3) is 2.76. The highest BCUT2D eigenvalue weighted by Gasteiger charge is 2.39. The summed E-state index contributed by atoms with van der Waals surface area (Å²) in [6.07, 6.45) is 6.43. The first-order valence-corrected chi connectivity index (χ1v) is 8.86.